The first kappa shape index (κ1) is 13.6. The van der Waals surface area contributed by atoms with Crippen molar-refractivity contribution in [1.29, 1.82) is 0 Å². The fourth-order valence-corrected chi connectivity index (χ4v) is 1.90. The van der Waals surface area contributed by atoms with Crippen LogP contribution in [0.25, 0.3) is 5.69 Å². The fraction of sp³-hybridized carbons (Fsp3) is 0.462. The zero-order chi connectivity index (χ0) is 13.7. The minimum absolute atomic E-state index is 0.130. The van der Waals surface area contributed by atoms with Gasteiger partial charge >= 0.3 is 0 Å². The Kier molecular flexibility index (Phi) is 4.59. The van der Waals surface area contributed by atoms with Gasteiger partial charge in [-0.15, -0.1) is 5.10 Å². The van der Waals surface area contributed by atoms with E-state index in [-0.39, 0.29) is 6.61 Å². The monoisotopic (exact) mass is 261 g/mol. The van der Waals surface area contributed by atoms with E-state index in [4.69, 9.17) is 5.11 Å². The normalized spacial score (nSPS) is 11.4. The minimum atomic E-state index is 0.130. The maximum absolute atomic E-state index is 9.10. The molecule has 0 aliphatic heterocycles. The van der Waals surface area contributed by atoms with Crippen LogP contribution in [0.5, 0.6) is 0 Å². The number of para-hydroxylation sites is 1. The lowest BCUT2D eigenvalue weighted by Gasteiger charge is -2.24. The van der Waals surface area contributed by atoms with Crippen LogP contribution in [0, 0.1) is 0 Å². The lowest BCUT2D eigenvalue weighted by Crippen LogP contribution is -2.34. The van der Waals surface area contributed by atoms with E-state index in [1.165, 1.54) is 0 Å². The number of aromatic nitrogens is 4. The molecule has 0 aliphatic carbocycles. The molecule has 1 aromatic heterocycles. The molecule has 1 aromatic carbocycles. The summed E-state index contributed by atoms with van der Waals surface area (Å²) < 4.78 is 1.73. The van der Waals surface area contributed by atoms with E-state index in [0.717, 1.165) is 11.5 Å². The Labute approximate surface area is 112 Å². The third-order valence-corrected chi connectivity index (χ3v) is 3.00. The summed E-state index contributed by atoms with van der Waals surface area (Å²) in [4.78, 5) is 2.13. The van der Waals surface area contributed by atoms with Crippen LogP contribution in [0.15, 0.2) is 30.3 Å². The van der Waals surface area contributed by atoms with E-state index < -0.39 is 0 Å². The molecule has 0 fully saturated rings. The Morgan fingerprint density at radius 3 is 2.63 bits per heavy atom. The first-order valence-electron chi connectivity index (χ1n) is 6.40. The highest BCUT2D eigenvalue weighted by Crippen LogP contribution is 2.10. The molecule has 0 radical (unpaired) electrons. The summed E-state index contributed by atoms with van der Waals surface area (Å²) >= 11 is 0. The van der Waals surface area contributed by atoms with Crippen LogP contribution in [0.4, 0.5) is 0 Å². The lowest BCUT2D eigenvalue weighted by molar-refractivity contribution is 0.155. The number of benzene rings is 1. The maximum Gasteiger partial charge on any atom is 0.170 e. The van der Waals surface area contributed by atoms with Gasteiger partial charge in [-0.05, 0) is 36.4 Å². The van der Waals surface area contributed by atoms with E-state index in [9.17, 15) is 0 Å². The molecular formula is C13H19N5O. The number of nitrogens with zero attached hydrogens (tertiary/aromatic N) is 5. The number of hydrogen-bond acceptors (Lipinski definition) is 5. The molecule has 1 N–H and O–H groups in total. The minimum Gasteiger partial charge on any atom is -0.395 e. The van der Waals surface area contributed by atoms with Crippen molar-refractivity contribution < 1.29 is 5.11 Å². The van der Waals surface area contributed by atoms with Crippen molar-refractivity contribution in [3.8, 4) is 5.69 Å². The summed E-state index contributed by atoms with van der Waals surface area (Å²) in [5.41, 5.74) is 0.940. The molecule has 19 heavy (non-hydrogen) atoms. The molecule has 0 saturated carbocycles. The summed E-state index contributed by atoms with van der Waals surface area (Å²) in [5.74, 6) is 0.772. The molecule has 0 aliphatic rings. The molecule has 0 unspecified atom stereocenters. The van der Waals surface area contributed by atoms with Crippen molar-refractivity contribution in [3.63, 3.8) is 0 Å². The van der Waals surface area contributed by atoms with Gasteiger partial charge in [-0.1, -0.05) is 18.2 Å². The average Bonchev–Trinajstić information content (AvgIpc) is 2.87. The molecule has 2 rings (SSSR count). The molecule has 0 bridgehead atoms. The van der Waals surface area contributed by atoms with Crippen LogP contribution >= 0.6 is 0 Å². The quantitative estimate of drug-likeness (QED) is 0.835. The van der Waals surface area contributed by atoms with Crippen molar-refractivity contribution in [1.82, 2.24) is 25.1 Å². The zero-order valence-electron chi connectivity index (χ0n) is 11.3. The van der Waals surface area contributed by atoms with Crippen molar-refractivity contribution in [3.05, 3.63) is 36.2 Å². The summed E-state index contributed by atoms with van der Waals surface area (Å²) in [6.45, 7) is 5.53. The maximum atomic E-state index is 9.10. The van der Waals surface area contributed by atoms with Crippen LogP contribution in [0.1, 0.15) is 19.7 Å². The third-order valence-electron chi connectivity index (χ3n) is 3.00. The number of aliphatic hydroxyl groups excluding tert-OH is 1. The molecule has 6 heteroatoms. The van der Waals surface area contributed by atoms with Gasteiger partial charge in [-0.3, -0.25) is 4.90 Å². The largest absolute Gasteiger partial charge is 0.395 e. The second kappa shape index (κ2) is 6.40. The van der Waals surface area contributed by atoms with Gasteiger partial charge in [0.05, 0.1) is 18.8 Å². The molecule has 0 atom stereocenters. The van der Waals surface area contributed by atoms with Gasteiger partial charge in [0.25, 0.3) is 0 Å². The topological polar surface area (TPSA) is 67.1 Å². The molecule has 102 valence electrons. The van der Waals surface area contributed by atoms with Gasteiger partial charge in [0.1, 0.15) is 0 Å². The second-order valence-electron chi connectivity index (χ2n) is 4.63. The molecule has 1 heterocycles. The highest BCUT2D eigenvalue weighted by atomic mass is 16.3. The lowest BCUT2D eigenvalue weighted by atomic mass is 10.3. The first-order chi connectivity index (χ1) is 9.22. The third kappa shape index (κ3) is 3.36. The van der Waals surface area contributed by atoms with Crippen LogP contribution < -0.4 is 0 Å². The number of tetrazole rings is 1. The average molecular weight is 261 g/mol. The van der Waals surface area contributed by atoms with Crippen LogP contribution in [0.3, 0.4) is 0 Å². The zero-order valence-corrected chi connectivity index (χ0v) is 11.3. The van der Waals surface area contributed by atoms with Gasteiger partial charge in [0.2, 0.25) is 0 Å². The van der Waals surface area contributed by atoms with Gasteiger partial charge in [0.15, 0.2) is 5.82 Å². The van der Waals surface area contributed by atoms with Gasteiger partial charge in [-0.25, -0.2) is 0 Å². The number of hydrogen-bond donors (Lipinski definition) is 1. The van der Waals surface area contributed by atoms with Crippen molar-refractivity contribution in [2.45, 2.75) is 26.4 Å². The fourth-order valence-electron chi connectivity index (χ4n) is 1.90. The highest BCUT2D eigenvalue weighted by molar-refractivity contribution is 5.30. The van der Waals surface area contributed by atoms with Crippen LogP contribution in [0.2, 0.25) is 0 Å². The van der Waals surface area contributed by atoms with Crippen molar-refractivity contribution >= 4 is 0 Å². The second-order valence-corrected chi connectivity index (χ2v) is 4.63. The Hall–Kier alpha value is -1.79. The SMILES string of the molecule is CC(C)N(CCO)Cc1nnnn1-c1ccccc1. The van der Waals surface area contributed by atoms with Crippen LogP contribution in [-0.2, 0) is 6.54 Å². The molecule has 0 spiro atoms. The van der Waals surface area contributed by atoms with Gasteiger partial charge in [0, 0.05) is 12.6 Å². The smallest absolute Gasteiger partial charge is 0.170 e. The highest BCUT2D eigenvalue weighted by Gasteiger charge is 2.15. The van der Waals surface area contributed by atoms with Crippen molar-refractivity contribution in [2.75, 3.05) is 13.2 Å². The van der Waals surface area contributed by atoms with Crippen LogP contribution in [-0.4, -0.2) is 49.4 Å². The standard InChI is InChI=1S/C13H19N5O/c1-11(2)17(8-9-19)10-13-14-15-16-18(13)12-6-4-3-5-7-12/h3-7,11,19H,8-10H2,1-2H3. The first-order valence-corrected chi connectivity index (χ1v) is 6.40. The van der Waals surface area contributed by atoms with Crippen molar-refractivity contribution in [2.24, 2.45) is 0 Å². The van der Waals surface area contributed by atoms with E-state index in [0.29, 0.717) is 19.1 Å². The van der Waals surface area contributed by atoms with E-state index >= 15 is 0 Å². The van der Waals surface area contributed by atoms with Gasteiger partial charge < -0.3 is 5.11 Å². The Morgan fingerprint density at radius 1 is 1.26 bits per heavy atom. The molecule has 6 nitrogen and oxygen atoms in total. The van der Waals surface area contributed by atoms with Gasteiger partial charge in [-0.2, -0.15) is 4.68 Å². The number of rotatable bonds is 6. The Morgan fingerprint density at radius 2 is 2.00 bits per heavy atom. The summed E-state index contributed by atoms with van der Waals surface area (Å²) in [6, 6.07) is 10.1. The summed E-state index contributed by atoms with van der Waals surface area (Å²) in [5, 5.41) is 20.9. The molecule has 2 aromatic rings. The molecule has 0 saturated heterocycles. The molecular weight excluding hydrogens is 242 g/mol. The predicted molar refractivity (Wildman–Crippen MR) is 71.8 cm³/mol. The Bertz CT molecular complexity index is 497. The summed E-state index contributed by atoms with van der Waals surface area (Å²) in [6.07, 6.45) is 0. The number of aliphatic hydroxyl groups is 1. The Balaban J connectivity index is 2.20. The summed E-state index contributed by atoms with van der Waals surface area (Å²) in [7, 11) is 0. The predicted octanol–water partition coefficient (Wildman–Crippen LogP) is 0.865. The molecule has 0 amide bonds. The van der Waals surface area contributed by atoms with E-state index in [1.807, 2.05) is 30.3 Å². The van der Waals surface area contributed by atoms with E-state index in [1.54, 1.807) is 4.68 Å². The van der Waals surface area contributed by atoms with E-state index in [2.05, 4.69) is 34.3 Å².